The molecule has 0 fully saturated rings. The number of thiazole rings is 1. The van der Waals surface area contributed by atoms with Crippen LogP contribution in [0.25, 0.3) is 16.3 Å². The summed E-state index contributed by atoms with van der Waals surface area (Å²) in [5.41, 5.74) is 1.71. The van der Waals surface area contributed by atoms with Crippen molar-refractivity contribution in [2.75, 3.05) is 13.2 Å². The lowest BCUT2D eigenvalue weighted by Gasteiger charge is -2.06. The number of hydrogen-bond donors (Lipinski definition) is 0. The largest absolute Gasteiger partial charge is 0.465 e. The average molecular weight is 473 g/mol. The Kier molecular flexibility index (Phi) is 7.97. The molecule has 2 aromatic carbocycles. The zero-order valence-corrected chi connectivity index (χ0v) is 19.1. The second-order valence-electron chi connectivity index (χ2n) is 6.48. The highest BCUT2D eigenvalue weighted by molar-refractivity contribution is 7.16. The summed E-state index contributed by atoms with van der Waals surface area (Å²) in [4.78, 5) is 41.2. The van der Waals surface area contributed by atoms with Crippen LogP contribution in [0.3, 0.4) is 0 Å². The predicted molar refractivity (Wildman–Crippen MR) is 123 cm³/mol. The summed E-state index contributed by atoms with van der Waals surface area (Å²) < 4.78 is 12.4. The highest BCUT2D eigenvalue weighted by atomic mass is 35.5. The molecule has 3 rings (SSSR count). The first kappa shape index (κ1) is 23.4. The van der Waals surface area contributed by atoms with Crippen LogP contribution in [-0.2, 0) is 25.6 Å². The molecule has 0 saturated carbocycles. The van der Waals surface area contributed by atoms with E-state index in [1.54, 1.807) is 60.9 Å². The Labute approximate surface area is 193 Å². The molecule has 32 heavy (non-hydrogen) atoms. The number of benzene rings is 2. The summed E-state index contributed by atoms with van der Waals surface area (Å²) >= 11 is 7.30. The molecule has 0 bridgehead atoms. The van der Waals surface area contributed by atoms with E-state index in [4.69, 9.17) is 21.1 Å². The van der Waals surface area contributed by atoms with Gasteiger partial charge in [0.15, 0.2) is 4.80 Å². The number of esters is 2. The molecule has 1 aromatic heterocycles. The number of rotatable bonds is 7. The van der Waals surface area contributed by atoms with Crippen molar-refractivity contribution in [3.63, 3.8) is 0 Å². The van der Waals surface area contributed by atoms with E-state index >= 15 is 0 Å². The third-order valence-corrected chi connectivity index (χ3v) is 5.69. The van der Waals surface area contributed by atoms with E-state index in [1.165, 1.54) is 17.4 Å². The molecule has 0 unspecified atom stereocenters. The van der Waals surface area contributed by atoms with Gasteiger partial charge in [-0.15, -0.1) is 0 Å². The zero-order valence-electron chi connectivity index (χ0n) is 17.5. The summed E-state index contributed by atoms with van der Waals surface area (Å²) in [6.45, 7) is 3.83. The zero-order chi connectivity index (χ0) is 23.1. The smallest absolute Gasteiger partial charge is 0.338 e. The van der Waals surface area contributed by atoms with E-state index in [2.05, 4.69) is 4.99 Å². The van der Waals surface area contributed by atoms with Gasteiger partial charge in [-0.1, -0.05) is 41.1 Å². The third-order valence-electron chi connectivity index (χ3n) is 4.30. The Bertz CT molecular complexity index is 1260. The first-order valence-electron chi connectivity index (χ1n) is 9.90. The van der Waals surface area contributed by atoms with Gasteiger partial charge in [-0.25, -0.2) is 4.79 Å². The molecule has 0 aliphatic carbocycles. The summed E-state index contributed by atoms with van der Waals surface area (Å²) in [5.74, 6) is -1.42. The Morgan fingerprint density at radius 1 is 1.09 bits per heavy atom. The Morgan fingerprint density at radius 3 is 2.56 bits per heavy atom. The number of ether oxygens (including phenoxy) is 2. The third kappa shape index (κ3) is 5.72. The van der Waals surface area contributed by atoms with E-state index in [9.17, 15) is 14.4 Å². The van der Waals surface area contributed by atoms with Crippen molar-refractivity contribution in [3.05, 3.63) is 69.5 Å². The van der Waals surface area contributed by atoms with Crippen molar-refractivity contribution in [2.24, 2.45) is 4.99 Å². The Morgan fingerprint density at radius 2 is 1.84 bits per heavy atom. The van der Waals surface area contributed by atoms with Crippen molar-refractivity contribution in [2.45, 2.75) is 20.4 Å². The van der Waals surface area contributed by atoms with E-state index in [-0.39, 0.29) is 19.8 Å². The van der Waals surface area contributed by atoms with Crippen LogP contribution in [0.1, 0.15) is 29.8 Å². The van der Waals surface area contributed by atoms with Gasteiger partial charge in [0.2, 0.25) is 0 Å². The van der Waals surface area contributed by atoms with Crippen molar-refractivity contribution in [3.8, 4) is 0 Å². The lowest BCUT2D eigenvalue weighted by molar-refractivity contribution is -0.143. The molecule has 7 nitrogen and oxygen atoms in total. The number of carbonyl (C=O) groups is 3. The minimum atomic E-state index is -0.514. The molecule has 0 aliphatic heterocycles. The van der Waals surface area contributed by atoms with Crippen molar-refractivity contribution in [1.82, 2.24) is 4.57 Å². The standard InChI is InChI=1S/C23H21ClN2O5S/c1-3-30-21(28)14-26-18-11-9-16(22(29)31-4-2)13-19(18)32-23(26)25-20(27)12-10-15-7-5-6-8-17(15)24/h5-13H,3-4,14H2,1-2H3. The van der Waals surface area contributed by atoms with E-state index in [0.29, 0.717) is 31.2 Å². The van der Waals surface area contributed by atoms with Gasteiger partial charge < -0.3 is 14.0 Å². The minimum Gasteiger partial charge on any atom is -0.465 e. The van der Waals surface area contributed by atoms with Crippen LogP contribution in [0, 0.1) is 0 Å². The molecule has 0 spiro atoms. The van der Waals surface area contributed by atoms with E-state index < -0.39 is 17.8 Å². The normalized spacial score (nSPS) is 11.8. The highest BCUT2D eigenvalue weighted by Crippen LogP contribution is 2.20. The number of halogens is 1. The van der Waals surface area contributed by atoms with Gasteiger partial charge >= 0.3 is 11.9 Å². The fourth-order valence-corrected chi connectivity index (χ4v) is 4.16. The number of carbonyl (C=O) groups excluding carboxylic acids is 3. The molecule has 1 amide bonds. The lowest BCUT2D eigenvalue weighted by Crippen LogP contribution is -2.22. The molecular weight excluding hydrogens is 452 g/mol. The SMILES string of the molecule is CCOC(=O)Cn1c(=NC(=O)C=Cc2ccccc2Cl)sc2cc(C(=O)OCC)ccc21. The maximum atomic E-state index is 12.5. The molecule has 1 heterocycles. The summed E-state index contributed by atoms with van der Waals surface area (Å²) in [7, 11) is 0. The topological polar surface area (TPSA) is 87.0 Å². The van der Waals surface area contributed by atoms with Gasteiger partial charge in [0.25, 0.3) is 5.91 Å². The van der Waals surface area contributed by atoms with Crippen LogP contribution >= 0.6 is 22.9 Å². The quantitative estimate of drug-likeness (QED) is 0.379. The second kappa shape index (κ2) is 10.9. The number of hydrogen-bond acceptors (Lipinski definition) is 6. The Balaban J connectivity index is 2.02. The van der Waals surface area contributed by atoms with Gasteiger partial charge in [-0.3, -0.25) is 9.59 Å². The fourth-order valence-electron chi connectivity index (χ4n) is 2.89. The van der Waals surface area contributed by atoms with Gasteiger partial charge in [-0.2, -0.15) is 4.99 Å². The summed E-state index contributed by atoms with van der Waals surface area (Å²) in [6.07, 6.45) is 2.89. The number of amides is 1. The number of nitrogens with zero attached hydrogens (tertiary/aromatic N) is 2. The van der Waals surface area contributed by atoms with E-state index in [1.807, 2.05) is 6.07 Å². The van der Waals surface area contributed by atoms with Crippen LogP contribution < -0.4 is 4.80 Å². The van der Waals surface area contributed by atoms with Gasteiger partial charge in [0.05, 0.1) is 29.0 Å². The van der Waals surface area contributed by atoms with Crippen molar-refractivity contribution >= 4 is 57.1 Å². The lowest BCUT2D eigenvalue weighted by atomic mass is 10.2. The number of aromatic nitrogens is 1. The summed E-state index contributed by atoms with van der Waals surface area (Å²) in [5, 5.41) is 0.516. The molecule has 0 radical (unpaired) electrons. The minimum absolute atomic E-state index is 0.118. The maximum absolute atomic E-state index is 12.5. The molecule has 9 heteroatoms. The first-order valence-corrected chi connectivity index (χ1v) is 11.1. The van der Waals surface area contributed by atoms with E-state index in [0.717, 1.165) is 0 Å². The van der Waals surface area contributed by atoms with Crippen LogP contribution in [0.4, 0.5) is 0 Å². The van der Waals surface area contributed by atoms with Crippen molar-refractivity contribution in [1.29, 1.82) is 0 Å². The molecule has 0 N–H and O–H groups in total. The van der Waals surface area contributed by atoms with Crippen LogP contribution in [0.5, 0.6) is 0 Å². The maximum Gasteiger partial charge on any atom is 0.338 e. The monoisotopic (exact) mass is 472 g/mol. The second-order valence-corrected chi connectivity index (χ2v) is 7.90. The van der Waals surface area contributed by atoms with Gasteiger partial charge in [0.1, 0.15) is 6.54 Å². The molecular formula is C23H21ClN2O5S. The molecule has 0 atom stereocenters. The van der Waals surface area contributed by atoms with Gasteiger partial charge in [0, 0.05) is 11.1 Å². The predicted octanol–water partition coefficient (Wildman–Crippen LogP) is 4.24. The molecule has 0 aliphatic rings. The van der Waals surface area contributed by atoms with Gasteiger partial charge in [-0.05, 0) is 49.8 Å². The number of fused-ring (bicyclic) bond motifs is 1. The average Bonchev–Trinajstić information content (AvgIpc) is 3.09. The van der Waals surface area contributed by atoms with Crippen LogP contribution in [0.2, 0.25) is 5.02 Å². The summed E-state index contributed by atoms with van der Waals surface area (Å²) in [6, 6.07) is 12.1. The van der Waals surface area contributed by atoms with Crippen molar-refractivity contribution < 1.29 is 23.9 Å². The molecule has 3 aromatic rings. The Hall–Kier alpha value is -3.23. The fraction of sp³-hybridized carbons (Fsp3) is 0.217. The molecule has 0 saturated heterocycles. The first-order chi connectivity index (χ1) is 15.4. The highest BCUT2D eigenvalue weighted by Gasteiger charge is 2.14. The van der Waals surface area contributed by atoms with Crippen LogP contribution in [0.15, 0.2) is 53.5 Å². The molecule has 166 valence electrons. The van der Waals surface area contributed by atoms with Crippen LogP contribution in [-0.4, -0.2) is 35.6 Å².